The molecular weight excluding hydrogens is 420 g/mol. The van der Waals surface area contributed by atoms with Crippen LogP contribution in [0.2, 0.25) is 0 Å². The van der Waals surface area contributed by atoms with Crippen LogP contribution in [0.15, 0.2) is 0 Å². The molecule has 4 amide bonds. The Morgan fingerprint density at radius 1 is 0.875 bits per heavy atom. The summed E-state index contributed by atoms with van der Waals surface area (Å²) in [6, 6.07) is -2.98. The zero-order valence-electron chi connectivity index (χ0n) is 20.2. The van der Waals surface area contributed by atoms with Crippen LogP contribution in [0.25, 0.3) is 0 Å². The molecule has 0 spiro atoms. The summed E-state index contributed by atoms with van der Waals surface area (Å²) in [5.41, 5.74) is -0.730. The molecule has 184 valence electrons. The standard InChI is InChI=1S/C21H38N4O7/c1-11(2)9-14(24-20(31)32-21(6,7)8)18(28)23-13(5)17(27)22-10-15(26)25-16(12(3)4)19(29)30/h11-14,16H,9-10H2,1-8H3,(H,22,27)(H,23,28)(H,24,31)(H,25,26)(H,29,30). The van der Waals surface area contributed by atoms with Crippen molar-refractivity contribution in [2.24, 2.45) is 11.8 Å². The van der Waals surface area contributed by atoms with Crippen LogP contribution in [-0.2, 0) is 23.9 Å². The zero-order valence-corrected chi connectivity index (χ0v) is 20.2. The van der Waals surface area contributed by atoms with Crippen LogP contribution in [0.3, 0.4) is 0 Å². The molecule has 0 bridgehead atoms. The maximum absolute atomic E-state index is 12.6. The molecule has 0 saturated heterocycles. The molecule has 11 nitrogen and oxygen atoms in total. The van der Waals surface area contributed by atoms with Gasteiger partial charge in [0.05, 0.1) is 6.54 Å². The summed E-state index contributed by atoms with van der Waals surface area (Å²) in [6.45, 7) is 13.1. The lowest BCUT2D eigenvalue weighted by molar-refractivity contribution is -0.143. The Balaban J connectivity index is 4.85. The third kappa shape index (κ3) is 12.1. The van der Waals surface area contributed by atoms with E-state index in [1.165, 1.54) is 6.92 Å². The number of carboxylic acid groups (broad SMARTS) is 1. The third-order valence-electron chi connectivity index (χ3n) is 4.14. The third-order valence-corrected chi connectivity index (χ3v) is 4.14. The summed E-state index contributed by atoms with van der Waals surface area (Å²) in [5.74, 6) is -3.29. The van der Waals surface area contributed by atoms with Gasteiger partial charge in [-0.25, -0.2) is 9.59 Å². The number of alkyl carbamates (subject to hydrolysis) is 1. The molecule has 0 aliphatic heterocycles. The van der Waals surface area contributed by atoms with E-state index in [9.17, 15) is 24.0 Å². The molecule has 0 aromatic rings. The van der Waals surface area contributed by atoms with Gasteiger partial charge in [-0.1, -0.05) is 27.7 Å². The van der Waals surface area contributed by atoms with Crippen molar-refractivity contribution < 1.29 is 33.8 Å². The lowest BCUT2D eigenvalue weighted by atomic mass is 10.0. The van der Waals surface area contributed by atoms with Gasteiger partial charge in [-0.05, 0) is 46.0 Å². The smallest absolute Gasteiger partial charge is 0.408 e. The average molecular weight is 459 g/mol. The van der Waals surface area contributed by atoms with Crippen LogP contribution >= 0.6 is 0 Å². The Kier molecular flexibility index (Phi) is 11.7. The minimum absolute atomic E-state index is 0.0802. The summed E-state index contributed by atoms with van der Waals surface area (Å²) < 4.78 is 5.19. The lowest BCUT2D eigenvalue weighted by Gasteiger charge is -2.25. The van der Waals surface area contributed by atoms with Crippen molar-refractivity contribution in [3.05, 3.63) is 0 Å². The number of rotatable bonds is 11. The van der Waals surface area contributed by atoms with Crippen molar-refractivity contribution in [3.8, 4) is 0 Å². The van der Waals surface area contributed by atoms with Crippen molar-refractivity contribution in [3.63, 3.8) is 0 Å². The summed E-state index contributed by atoms with van der Waals surface area (Å²) in [4.78, 5) is 60.0. The van der Waals surface area contributed by atoms with E-state index in [2.05, 4.69) is 21.3 Å². The molecule has 11 heteroatoms. The molecule has 5 N–H and O–H groups in total. The van der Waals surface area contributed by atoms with Gasteiger partial charge in [0.25, 0.3) is 0 Å². The van der Waals surface area contributed by atoms with Crippen molar-refractivity contribution in [2.45, 2.75) is 85.5 Å². The maximum atomic E-state index is 12.6. The number of ether oxygens (including phenoxy) is 1. The molecule has 0 aromatic carbocycles. The molecule has 0 fully saturated rings. The second kappa shape index (κ2) is 12.9. The second-order valence-electron chi connectivity index (χ2n) is 9.40. The molecule has 0 aliphatic carbocycles. The molecule has 0 aliphatic rings. The number of hydrogen-bond acceptors (Lipinski definition) is 6. The van der Waals surface area contributed by atoms with Gasteiger partial charge >= 0.3 is 12.1 Å². The highest BCUT2D eigenvalue weighted by Gasteiger charge is 2.28. The van der Waals surface area contributed by atoms with Crippen LogP contribution in [0, 0.1) is 11.8 Å². The fourth-order valence-corrected chi connectivity index (χ4v) is 2.59. The Labute approximate surface area is 189 Å². The van der Waals surface area contributed by atoms with Crippen LogP contribution in [0.5, 0.6) is 0 Å². The fraction of sp³-hybridized carbons (Fsp3) is 0.762. The van der Waals surface area contributed by atoms with E-state index in [4.69, 9.17) is 9.84 Å². The van der Waals surface area contributed by atoms with Crippen molar-refractivity contribution in [1.29, 1.82) is 0 Å². The quantitative estimate of drug-likeness (QED) is 0.305. The molecule has 3 unspecified atom stereocenters. The van der Waals surface area contributed by atoms with Crippen molar-refractivity contribution in [2.75, 3.05) is 6.54 Å². The van der Waals surface area contributed by atoms with E-state index in [0.717, 1.165) is 0 Å². The average Bonchev–Trinajstić information content (AvgIpc) is 2.60. The van der Waals surface area contributed by atoms with Gasteiger partial charge in [-0.3, -0.25) is 14.4 Å². The first-order valence-corrected chi connectivity index (χ1v) is 10.6. The van der Waals surface area contributed by atoms with E-state index in [-0.39, 0.29) is 11.8 Å². The topological polar surface area (TPSA) is 163 Å². The minimum atomic E-state index is -1.17. The van der Waals surface area contributed by atoms with Crippen LogP contribution in [-0.4, -0.2) is 65.2 Å². The molecule has 32 heavy (non-hydrogen) atoms. The first kappa shape index (κ1) is 29.1. The Morgan fingerprint density at radius 2 is 1.44 bits per heavy atom. The van der Waals surface area contributed by atoms with Gasteiger partial charge in [-0.2, -0.15) is 0 Å². The molecule has 3 atom stereocenters. The first-order chi connectivity index (χ1) is 14.5. The highest BCUT2D eigenvalue weighted by Crippen LogP contribution is 2.10. The fourth-order valence-electron chi connectivity index (χ4n) is 2.59. The number of carbonyl (C=O) groups is 5. The molecule has 0 radical (unpaired) electrons. The van der Waals surface area contributed by atoms with Gasteiger partial charge in [0.2, 0.25) is 17.7 Å². The summed E-state index contributed by atoms with van der Waals surface area (Å²) in [7, 11) is 0. The first-order valence-electron chi connectivity index (χ1n) is 10.6. The number of nitrogens with one attached hydrogen (secondary N) is 4. The van der Waals surface area contributed by atoms with E-state index >= 15 is 0 Å². The Morgan fingerprint density at radius 3 is 1.88 bits per heavy atom. The molecular formula is C21H38N4O7. The highest BCUT2D eigenvalue weighted by atomic mass is 16.6. The Bertz CT molecular complexity index is 686. The van der Waals surface area contributed by atoms with Gasteiger partial charge in [-0.15, -0.1) is 0 Å². The Hall–Kier alpha value is -2.85. The molecule has 0 heterocycles. The number of carboxylic acids is 1. The maximum Gasteiger partial charge on any atom is 0.408 e. The van der Waals surface area contributed by atoms with E-state index in [1.54, 1.807) is 34.6 Å². The number of aliphatic carboxylic acids is 1. The normalized spacial score (nSPS) is 14.2. The van der Waals surface area contributed by atoms with Crippen LogP contribution < -0.4 is 21.3 Å². The predicted molar refractivity (Wildman–Crippen MR) is 118 cm³/mol. The van der Waals surface area contributed by atoms with Crippen molar-refractivity contribution in [1.82, 2.24) is 21.3 Å². The number of carbonyl (C=O) groups excluding carboxylic acids is 4. The number of amides is 4. The minimum Gasteiger partial charge on any atom is -0.480 e. The van der Waals surface area contributed by atoms with Gasteiger partial charge in [0, 0.05) is 0 Å². The monoisotopic (exact) mass is 458 g/mol. The second-order valence-corrected chi connectivity index (χ2v) is 9.40. The van der Waals surface area contributed by atoms with Crippen LogP contribution in [0.4, 0.5) is 4.79 Å². The van der Waals surface area contributed by atoms with E-state index < -0.39 is 60.1 Å². The van der Waals surface area contributed by atoms with E-state index in [1.807, 2.05) is 13.8 Å². The highest BCUT2D eigenvalue weighted by molar-refractivity contribution is 5.93. The summed E-state index contributed by atoms with van der Waals surface area (Å²) in [6.07, 6.45) is -0.418. The summed E-state index contributed by atoms with van der Waals surface area (Å²) in [5, 5.41) is 18.8. The lowest BCUT2D eigenvalue weighted by Crippen LogP contribution is -2.54. The van der Waals surface area contributed by atoms with E-state index in [0.29, 0.717) is 6.42 Å². The van der Waals surface area contributed by atoms with Gasteiger partial charge < -0.3 is 31.1 Å². The van der Waals surface area contributed by atoms with Crippen molar-refractivity contribution >= 4 is 29.8 Å². The van der Waals surface area contributed by atoms with Gasteiger partial charge in [0.15, 0.2) is 0 Å². The molecule has 0 saturated carbocycles. The summed E-state index contributed by atoms with van der Waals surface area (Å²) >= 11 is 0. The zero-order chi connectivity index (χ0) is 25.2. The van der Waals surface area contributed by atoms with Gasteiger partial charge in [0.1, 0.15) is 23.7 Å². The largest absolute Gasteiger partial charge is 0.480 e. The SMILES string of the molecule is CC(C)CC(NC(=O)OC(C)(C)C)C(=O)NC(C)C(=O)NCC(=O)NC(C(=O)O)C(C)C. The van der Waals surface area contributed by atoms with Crippen LogP contribution in [0.1, 0.15) is 61.8 Å². The molecule has 0 rings (SSSR count). The predicted octanol–water partition coefficient (Wildman–Crippen LogP) is 0.772. The number of hydrogen-bond donors (Lipinski definition) is 5. The molecule has 0 aromatic heterocycles.